The molecule has 1 aromatic carbocycles. The van der Waals surface area contributed by atoms with Crippen LogP contribution in [0.1, 0.15) is 5.56 Å². The maximum Gasteiger partial charge on any atom is 0.0670 e. The highest BCUT2D eigenvalue weighted by Gasteiger charge is 2.09. The van der Waals surface area contributed by atoms with E-state index in [0.29, 0.717) is 6.42 Å². The Hall–Kier alpha value is -0.120. The van der Waals surface area contributed by atoms with Crippen LogP contribution in [0.15, 0.2) is 22.0 Å². The molecule has 0 unspecified atom stereocenters. The Bertz CT molecular complexity index is 527. The molecular weight excluding hydrogens is 373 g/mol. The van der Waals surface area contributed by atoms with Gasteiger partial charge in [0, 0.05) is 18.1 Å². The Kier molecular flexibility index (Phi) is 3.10. The number of benzene rings is 1. The Labute approximate surface area is 108 Å². The van der Waals surface area contributed by atoms with Crippen LogP contribution >= 0.6 is 49.9 Å². The van der Waals surface area contributed by atoms with Gasteiger partial charge in [-0.3, -0.25) is 0 Å². The van der Waals surface area contributed by atoms with Crippen LogP contribution in [0.4, 0.5) is 0 Å². The summed E-state index contributed by atoms with van der Waals surface area (Å²) in [6, 6.07) is 6.41. The second-order valence-electron chi connectivity index (χ2n) is 2.82. The molecule has 0 bridgehead atoms. The van der Waals surface area contributed by atoms with E-state index in [1.54, 1.807) is 11.3 Å². The maximum absolute atomic E-state index is 8.72. The normalized spacial score (nSPS) is 10.4. The molecule has 0 saturated carbocycles. The molecule has 0 fully saturated rings. The van der Waals surface area contributed by atoms with E-state index >= 15 is 0 Å². The molecule has 0 aliphatic carbocycles. The summed E-state index contributed by atoms with van der Waals surface area (Å²) in [5.41, 5.74) is 1.10. The molecule has 0 radical (unpaired) electrons. The molecule has 2 rings (SSSR count). The summed E-state index contributed by atoms with van der Waals surface area (Å²) in [5, 5.41) is 12.0. The first-order valence-electron chi connectivity index (χ1n) is 3.95. The minimum absolute atomic E-state index is 0.463. The fourth-order valence-corrected chi connectivity index (χ4v) is 4.34. The lowest BCUT2D eigenvalue weighted by molar-refractivity contribution is 1.24. The zero-order valence-corrected chi connectivity index (χ0v) is 11.6. The van der Waals surface area contributed by atoms with Gasteiger partial charge in [-0.2, -0.15) is 5.26 Å². The molecular formula is C10H5BrINS. The third-order valence-electron chi connectivity index (χ3n) is 2.00. The molecule has 1 aromatic heterocycles. The molecule has 70 valence electrons. The van der Waals surface area contributed by atoms with Crippen molar-refractivity contribution in [2.45, 2.75) is 6.42 Å². The minimum atomic E-state index is 0.463. The largest absolute Gasteiger partial charge is 0.198 e. The van der Waals surface area contributed by atoms with Gasteiger partial charge < -0.3 is 0 Å². The predicted octanol–water partition coefficient (Wildman–Crippen LogP) is 4.33. The standard InChI is InChI=1S/C10H5BrINS/c11-10-6(1-3-13)8(12)5-9-7(10)2-4-14-9/h2,4-5H,1H2. The van der Waals surface area contributed by atoms with E-state index in [1.165, 1.54) is 10.1 Å². The Morgan fingerprint density at radius 1 is 1.57 bits per heavy atom. The highest BCUT2D eigenvalue weighted by Crippen LogP contribution is 2.34. The molecule has 14 heavy (non-hydrogen) atoms. The lowest BCUT2D eigenvalue weighted by Gasteiger charge is -2.04. The van der Waals surface area contributed by atoms with E-state index in [2.05, 4.69) is 62.1 Å². The monoisotopic (exact) mass is 377 g/mol. The summed E-state index contributed by atoms with van der Waals surface area (Å²) >= 11 is 7.57. The van der Waals surface area contributed by atoms with Gasteiger partial charge >= 0.3 is 0 Å². The molecule has 1 heterocycles. The second-order valence-corrected chi connectivity index (χ2v) is 5.72. The van der Waals surface area contributed by atoms with Crippen LogP contribution in [0.5, 0.6) is 0 Å². The zero-order chi connectivity index (χ0) is 10.1. The van der Waals surface area contributed by atoms with Crippen LogP contribution in [0.25, 0.3) is 10.1 Å². The number of nitriles is 1. The summed E-state index contributed by atoms with van der Waals surface area (Å²) in [4.78, 5) is 0. The number of nitrogens with zero attached hydrogens (tertiary/aromatic N) is 1. The van der Waals surface area contributed by atoms with Crippen molar-refractivity contribution in [3.63, 3.8) is 0 Å². The Morgan fingerprint density at radius 2 is 2.36 bits per heavy atom. The van der Waals surface area contributed by atoms with E-state index in [1.807, 2.05) is 0 Å². The van der Waals surface area contributed by atoms with E-state index in [9.17, 15) is 0 Å². The van der Waals surface area contributed by atoms with Crippen molar-refractivity contribution in [1.29, 1.82) is 5.26 Å². The Balaban J connectivity index is 2.77. The number of hydrogen-bond donors (Lipinski definition) is 0. The summed E-state index contributed by atoms with van der Waals surface area (Å²) in [5.74, 6) is 0. The first kappa shape index (κ1) is 10.4. The number of fused-ring (bicyclic) bond motifs is 1. The van der Waals surface area contributed by atoms with Gasteiger partial charge in [0.15, 0.2) is 0 Å². The summed E-state index contributed by atoms with van der Waals surface area (Å²) in [7, 11) is 0. The lowest BCUT2D eigenvalue weighted by atomic mass is 10.1. The molecule has 0 spiro atoms. The third kappa shape index (κ3) is 1.69. The summed E-state index contributed by atoms with van der Waals surface area (Å²) < 4.78 is 3.50. The number of halogens is 2. The molecule has 4 heteroatoms. The second kappa shape index (κ2) is 4.17. The fraction of sp³-hybridized carbons (Fsp3) is 0.100. The van der Waals surface area contributed by atoms with Gasteiger partial charge in [0.05, 0.1) is 12.5 Å². The highest BCUT2D eigenvalue weighted by molar-refractivity contribution is 14.1. The molecule has 0 atom stereocenters. The van der Waals surface area contributed by atoms with Crippen LogP contribution in [-0.4, -0.2) is 0 Å². The smallest absolute Gasteiger partial charge is 0.0670 e. The van der Waals surface area contributed by atoms with Crippen LogP contribution < -0.4 is 0 Å². The van der Waals surface area contributed by atoms with Gasteiger partial charge in [0.25, 0.3) is 0 Å². The van der Waals surface area contributed by atoms with Gasteiger partial charge in [-0.25, -0.2) is 0 Å². The zero-order valence-electron chi connectivity index (χ0n) is 7.05. The topological polar surface area (TPSA) is 23.8 Å². The first-order chi connectivity index (χ1) is 6.74. The quantitative estimate of drug-likeness (QED) is 0.678. The van der Waals surface area contributed by atoms with Crippen LogP contribution in [0.2, 0.25) is 0 Å². The van der Waals surface area contributed by atoms with Crippen molar-refractivity contribution in [2.75, 3.05) is 0 Å². The third-order valence-corrected chi connectivity index (χ3v) is 4.73. The molecule has 2 aromatic rings. The van der Waals surface area contributed by atoms with Gasteiger partial charge in [0.1, 0.15) is 0 Å². The van der Waals surface area contributed by atoms with Gasteiger partial charge in [-0.05, 0) is 61.6 Å². The van der Waals surface area contributed by atoms with Crippen molar-refractivity contribution < 1.29 is 0 Å². The average molecular weight is 378 g/mol. The van der Waals surface area contributed by atoms with Crippen LogP contribution in [0.3, 0.4) is 0 Å². The molecule has 1 nitrogen and oxygen atoms in total. The van der Waals surface area contributed by atoms with Crippen molar-refractivity contribution >= 4 is 59.9 Å². The van der Waals surface area contributed by atoms with Crippen LogP contribution in [0, 0.1) is 14.9 Å². The maximum atomic E-state index is 8.72. The SMILES string of the molecule is N#CCc1c(I)cc2sccc2c1Br. The minimum Gasteiger partial charge on any atom is -0.198 e. The van der Waals surface area contributed by atoms with Crippen molar-refractivity contribution in [3.05, 3.63) is 31.1 Å². The van der Waals surface area contributed by atoms with E-state index in [4.69, 9.17) is 5.26 Å². The fourth-order valence-electron chi connectivity index (χ4n) is 1.32. The van der Waals surface area contributed by atoms with E-state index in [0.717, 1.165) is 13.6 Å². The molecule has 0 aliphatic heterocycles. The van der Waals surface area contributed by atoms with Gasteiger partial charge in [-0.15, -0.1) is 11.3 Å². The highest BCUT2D eigenvalue weighted by atomic mass is 127. The summed E-state index contributed by atoms with van der Waals surface area (Å²) in [6.07, 6.45) is 0.463. The van der Waals surface area contributed by atoms with Gasteiger partial charge in [-0.1, -0.05) is 0 Å². The van der Waals surface area contributed by atoms with Crippen molar-refractivity contribution in [3.8, 4) is 6.07 Å². The predicted molar refractivity (Wildman–Crippen MR) is 71.6 cm³/mol. The Morgan fingerprint density at radius 3 is 3.07 bits per heavy atom. The molecule has 0 saturated heterocycles. The number of thiophene rings is 1. The number of hydrogen-bond acceptors (Lipinski definition) is 2. The first-order valence-corrected chi connectivity index (χ1v) is 6.70. The van der Waals surface area contributed by atoms with Gasteiger partial charge in [0.2, 0.25) is 0 Å². The molecule has 0 aliphatic rings. The summed E-state index contributed by atoms with van der Waals surface area (Å²) in [6.45, 7) is 0. The van der Waals surface area contributed by atoms with Crippen molar-refractivity contribution in [1.82, 2.24) is 0 Å². The van der Waals surface area contributed by atoms with Crippen molar-refractivity contribution in [2.24, 2.45) is 0 Å². The van der Waals surface area contributed by atoms with E-state index < -0.39 is 0 Å². The van der Waals surface area contributed by atoms with Crippen LogP contribution in [-0.2, 0) is 6.42 Å². The number of rotatable bonds is 1. The molecule has 0 amide bonds. The lowest BCUT2D eigenvalue weighted by Crippen LogP contribution is -1.89. The average Bonchev–Trinajstić information content (AvgIpc) is 2.60. The molecule has 0 N–H and O–H groups in total. The van der Waals surface area contributed by atoms with E-state index in [-0.39, 0.29) is 0 Å².